The van der Waals surface area contributed by atoms with Gasteiger partial charge in [-0.15, -0.1) is 0 Å². The van der Waals surface area contributed by atoms with Crippen LogP contribution in [-0.2, 0) is 6.42 Å². The van der Waals surface area contributed by atoms with E-state index >= 15 is 0 Å². The Kier molecular flexibility index (Phi) is 2.58. The molecule has 0 spiro atoms. The second kappa shape index (κ2) is 3.66. The Morgan fingerprint density at radius 3 is 2.44 bits per heavy atom. The lowest BCUT2D eigenvalue weighted by Gasteiger charge is -2.10. The van der Waals surface area contributed by atoms with E-state index in [1.807, 2.05) is 0 Å². The van der Waals surface area contributed by atoms with Crippen LogP contribution in [0.3, 0.4) is 0 Å². The van der Waals surface area contributed by atoms with Crippen molar-refractivity contribution in [3.05, 3.63) is 29.1 Å². The van der Waals surface area contributed by atoms with Crippen molar-refractivity contribution in [3.8, 4) is 5.75 Å². The molecular formula is C11H12F3NO. The van der Waals surface area contributed by atoms with E-state index in [9.17, 15) is 18.3 Å². The molecule has 1 aromatic rings. The van der Waals surface area contributed by atoms with Crippen molar-refractivity contribution >= 4 is 0 Å². The van der Waals surface area contributed by atoms with Crippen molar-refractivity contribution in [2.75, 3.05) is 0 Å². The van der Waals surface area contributed by atoms with E-state index < -0.39 is 23.2 Å². The standard InChI is InChI=1S/C11H12F3NO/c12-7-5-6(1-2-11(15)3-4-11)10(16)9(14)8(7)13/h5,16H,1-4,15H2. The number of hydrogen-bond acceptors (Lipinski definition) is 2. The summed E-state index contributed by atoms with van der Waals surface area (Å²) < 4.78 is 38.6. The number of rotatable bonds is 3. The summed E-state index contributed by atoms with van der Waals surface area (Å²) in [5.74, 6) is -5.28. The van der Waals surface area contributed by atoms with Crippen LogP contribution in [0, 0.1) is 17.5 Å². The van der Waals surface area contributed by atoms with Gasteiger partial charge in [-0.05, 0) is 31.7 Å². The highest BCUT2D eigenvalue weighted by Gasteiger charge is 2.37. The number of hydrogen-bond donors (Lipinski definition) is 2. The summed E-state index contributed by atoms with van der Waals surface area (Å²) in [6.45, 7) is 0. The van der Waals surface area contributed by atoms with Gasteiger partial charge in [0.05, 0.1) is 0 Å². The average Bonchev–Trinajstić information content (AvgIpc) is 2.98. The van der Waals surface area contributed by atoms with Crippen molar-refractivity contribution in [1.29, 1.82) is 0 Å². The van der Waals surface area contributed by atoms with Crippen LogP contribution in [0.2, 0.25) is 0 Å². The molecule has 3 N–H and O–H groups in total. The van der Waals surface area contributed by atoms with Gasteiger partial charge in [-0.3, -0.25) is 0 Å². The van der Waals surface area contributed by atoms with Gasteiger partial charge in [0.25, 0.3) is 0 Å². The quantitative estimate of drug-likeness (QED) is 0.783. The smallest absolute Gasteiger partial charge is 0.203 e. The Hall–Kier alpha value is -1.23. The number of halogens is 3. The first kappa shape index (κ1) is 11.3. The van der Waals surface area contributed by atoms with Gasteiger partial charge in [0.15, 0.2) is 17.4 Å². The molecule has 1 aromatic carbocycles. The molecule has 0 heterocycles. The Bertz CT molecular complexity index is 430. The minimum Gasteiger partial charge on any atom is -0.505 e. The molecule has 0 saturated heterocycles. The fourth-order valence-electron chi connectivity index (χ4n) is 1.62. The minimum absolute atomic E-state index is 0.0631. The lowest BCUT2D eigenvalue weighted by Crippen LogP contribution is -2.22. The minimum atomic E-state index is -1.64. The summed E-state index contributed by atoms with van der Waals surface area (Å²) >= 11 is 0. The van der Waals surface area contributed by atoms with E-state index in [0.717, 1.165) is 18.9 Å². The van der Waals surface area contributed by atoms with Gasteiger partial charge in [-0.2, -0.15) is 4.39 Å². The Labute approximate surface area is 90.9 Å². The molecule has 0 aromatic heterocycles. The maximum atomic E-state index is 13.0. The van der Waals surface area contributed by atoms with E-state index in [4.69, 9.17) is 5.73 Å². The van der Waals surface area contributed by atoms with Crippen LogP contribution in [0.25, 0.3) is 0 Å². The first-order chi connectivity index (χ1) is 7.43. The van der Waals surface area contributed by atoms with Gasteiger partial charge in [0.2, 0.25) is 5.82 Å². The van der Waals surface area contributed by atoms with Gasteiger partial charge in [-0.25, -0.2) is 8.78 Å². The highest BCUT2D eigenvalue weighted by Crippen LogP contribution is 2.38. The summed E-state index contributed by atoms with van der Waals surface area (Å²) in [6, 6.07) is 0.819. The molecule has 1 saturated carbocycles. The number of phenols is 1. The van der Waals surface area contributed by atoms with E-state index in [1.165, 1.54) is 0 Å². The second-order valence-electron chi connectivity index (χ2n) is 4.36. The van der Waals surface area contributed by atoms with Crippen molar-refractivity contribution in [3.63, 3.8) is 0 Å². The Morgan fingerprint density at radius 2 is 1.88 bits per heavy atom. The number of aryl methyl sites for hydroxylation is 1. The third-order valence-corrected chi connectivity index (χ3v) is 3.00. The zero-order chi connectivity index (χ0) is 11.9. The molecule has 2 nitrogen and oxygen atoms in total. The van der Waals surface area contributed by atoms with Gasteiger partial charge >= 0.3 is 0 Å². The number of nitrogens with two attached hydrogens (primary N) is 1. The molecule has 1 aliphatic rings. The number of aromatic hydroxyl groups is 1. The van der Waals surface area contributed by atoms with Gasteiger partial charge in [0.1, 0.15) is 0 Å². The zero-order valence-electron chi connectivity index (χ0n) is 8.56. The highest BCUT2D eigenvalue weighted by molar-refractivity contribution is 5.35. The molecule has 2 rings (SSSR count). The maximum Gasteiger partial charge on any atom is 0.203 e. The van der Waals surface area contributed by atoms with Crippen LogP contribution in [0.1, 0.15) is 24.8 Å². The molecule has 0 aliphatic heterocycles. The van der Waals surface area contributed by atoms with Crippen molar-refractivity contribution in [1.82, 2.24) is 0 Å². The largest absolute Gasteiger partial charge is 0.505 e. The highest BCUT2D eigenvalue weighted by atomic mass is 19.2. The SMILES string of the molecule is NC1(CCc2cc(F)c(F)c(F)c2O)CC1. The van der Waals surface area contributed by atoms with Crippen LogP contribution in [0.5, 0.6) is 5.75 Å². The molecular weight excluding hydrogens is 219 g/mol. The van der Waals surface area contributed by atoms with Crippen LogP contribution in [0.15, 0.2) is 6.07 Å². The summed E-state index contributed by atoms with van der Waals surface area (Å²) in [7, 11) is 0. The summed E-state index contributed by atoms with van der Waals surface area (Å²) in [4.78, 5) is 0. The molecule has 0 atom stereocenters. The summed E-state index contributed by atoms with van der Waals surface area (Å²) in [5, 5.41) is 9.30. The maximum absolute atomic E-state index is 13.0. The topological polar surface area (TPSA) is 46.2 Å². The first-order valence-corrected chi connectivity index (χ1v) is 5.07. The monoisotopic (exact) mass is 231 g/mol. The van der Waals surface area contributed by atoms with Gasteiger partial charge in [0, 0.05) is 11.1 Å². The third-order valence-electron chi connectivity index (χ3n) is 3.00. The van der Waals surface area contributed by atoms with Crippen molar-refractivity contribution in [2.24, 2.45) is 5.73 Å². The van der Waals surface area contributed by atoms with Crippen LogP contribution < -0.4 is 5.73 Å². The van der Waals surface area contributed by atoms with Crippen LogP contribution in [-0.4, -0.2) is 10.6 Å². The molecule has 0 radical (unpaired) electrons. The number of benzene rings is 1. The zero-order valence-corrected chi connectivity index (χ0v) is 8.56. The second-order valence-corrected chi connectivity index (χ2v) is 4.36. The predicted octanol–water partition coefficient (Wildman–Crippen LogP) is 2.23. The fraction of sp³-hybridized carbons (Fsp3) is 0.455. The van der Waals surface area contributed by atoms with Crippen LogP contribution >= 0.6 is 0 Å². The first-order valence-electron chi connectivity index (χ1n) is 5.07. The summed E-state index contributed by atoms with van der Waals surface area (Å²) in [5.41, 5.74) is 5.60. The molecule has 88 valence electrons. The molecule has 0 amide bonds. The van der Waals surface area contributed by atoms with E-state index in [2.05, 4.69) is 0 Å². The van der Waals surface area contributed by atoms with Gasteiger partial charge < -0.3 is 10.8 Å². The fourth-order valence-corrected chi connectivity index (χ4v) is 1.62. The lowest BCUT2D eigenvalue weighted by atomic mass is 10.0. The van der Waals surface area contributed by atoms with E-state index in [0.29, 0.717) is 6.42 Å². The van der Waals surface area contributed by atoms with E-state index in [-0.39, 0.29) is 17.5 Å². The van der Waals surface area contributed by atoms with Crippen molar-refractivity contribution in [2.45, 2.75) is 31.2 Å². The van der Waals surface area contributed by atoms with E-state index in [1.54, 1.807) is 0 Å². The lowest BCUT2D eigenvalue weighted by molar-refractivity contribution is 0.380. The molecule has 0 unspecified atom stereocenters. The third kappa shape index (κ3) is 2.00. The summed E-state index contributed by atoms with van der Waals surface area (Å²) in [6.07, 6.45) is 2.53. The van der Waals surface area contributed by atoms with Crippen LogP contribution in [0.4, 0.5) is 13.2 Å². The molecule has 0 bridgehead atoms. The van der Waals surface area contributed by atoms with Gasteiger partial charge in [-0.1, -0.05) is 0 Å². The average molecular weight is 231 g/mol. The molecule has 5 heteroatoms. The Morgan fingerprint density at radius 1 is 1.25 bits per heavy atom. The molecule has 1 aliphatic carbocycles. The Balaban J connectivity index is 2.20. The predicted molar refractivity (Wildman–Crippen MR) is 52.5 cm³/mol. The number of phenolic OH excluding ortho intramolecular Hbond substituents is 1. The van der Waals surface area contributed by atoms with Crippen molar-refractivity contribution < 1.29 is 18.3 Å². The molecule has 16 heavy (non-hydrogen) atoms. The normalized spacial score (nSPS) is 17.5. The molecule has 1 fully saturated rings.